The van der Waals surface area contributed by atoms with Crippen LogP contribution >= 0.6 is 15.9 Å². The quantitative estimate of drug-likeness (QED) is 0.843. The van der Waals surface area contributed by atoms with Gasteiger partial charge in [0.05, 0.1) is 0 Å². The zero-order chi connectivity index (χ0) is 11.9. The third-order valence-corrected chi connectivity index (χ3v) is 2.76. The van der Waals surface area contributed by atoms with Crippen LogP contribution in [0.2, 0.25) is 0 Å². The second kappa shape index (κ2) is 6.30. The largest absolute Gasteiger partial charge is 0.492 e. The molecule has 0 spiro atoms. The molecule has 0 saturated carbocycles. The molecule has 0 radical (unpaired) electrons. The van der Waals surface area contributed by atoms with Gasteiger partial charge in [0.25, 0.3) is 0 Å². The fraction of sp³-hybridized carbons (Fsp3) is 0.143. The van der Waals surface area contributed by atoms with Gasteiger partial charge in [-0.15, -0.1) is 0 Å². The van der Waals surface area contributed by atoms with Gasteiger partial charge in [0.1, 0.15) is 12.4 Å². The number of anilines is 1. The third kappa shape index (κ3) is 4.11. The Morgan fingerprint density at radius 3 is 2.59 bits per heavy atom. The van der Waals surface area contributed by atoms with Crippen molar-refractivity contribution in [3.05, 3.63) is 59.1 Å². The first kappa shape index (κ1) is 12.0. The summed E-state index contributed by atoms with van der Waals surface area (Å²) in [6, 6.07) is 18.0. The van der Waals surface area contributed by atoms with E-state index in [1.54, 1.807) is 0 Å². The van der Waals surface area contributed by atoms with Crippen molar-refractivity contribution >= 4 is 21.6 Å². The van der Waals surface area contributed by atoms with Crippen molar-refractivity contribution in [3.8, 4) is 5.75 Å². The van der Waals surface area contributed by atoms with E-state index in [9.17, 15) is 0 Å². The Kier molecular flexibility index (Phi) is 4.45. The van der Waals surface area contributed by atoms with E-state index in [0.717, 1.165) is 22.5 Å². The molecule has 2 nitrogen and oxygen atoms in total. The van der Waals surface area contributed by atoms with Crippen molar-refractivity contribution in [1.82, 2.24) is 0 Å². The molecule has 0 atom stereocenters. The summed E-state index contributed by atoms with van der Waals surface area (Å²) in [6.07, 6.45) is 0. The van der Waals surface area contributed by atoms with Crippen LogP contribution in [0, 0.1) is 0 Å². The molecule has 2 aromatic rings. The minimum absolute atomic E-state index is 0.644. The molecule has 2 aromatic carbocycles. The first-order valence-corrected chi connectivity index (χ1v) is 6.31. The number of hydrogen-bond donors (Lipinski definition) is 1. The molecule has 0 saturated heterocycles. The molecule has 0 unspecified atom stereocenters. The first-order valence-electron chi connectivity index (χ1n) is 5.52. The van der Waals surface area contributed by atoms with Crippen LogP contribution in [-0.4, -0.2) is 13.2 Å². The van der Waals surface area contributed by atoms with Gasteiger partial charge in [0, 0.05) is 16.7 Å². The molecule has 17 heavy (non-hydrogen) atoms. The fourth-order valence-electron chi connectivity index (χ4n) is 1.48. The molecular weight excluding hydrogens is 278 g/mol. The van der Waals surface area contributed by atoms with Crippen molar-refractivity contribution in [2.45, 2.75) is 0 Å². The first-order chi connectivity index (χ1) is 8.34. The highest BCUT2D eigenvalue weighted by molar-refractivity contribution is 9.10. The topological polar surface area (TPSA) is 21.3 Å². The van der Waals surface area contributed by atoms with Crippen molar-refractivity contribution in [3.63, 3.8) is 0 Å². The summed E-state index contributed by atoms with van der Waals surface area (Å²) < 4.78 is 6.65. The molecule has 0 aromatic heterocycles. The van der Waals surface area contributed by atoms with Gasteiger partial charge in [-0.25, -0.2) is 0 Å². The van der Waals surface area contributed by atoms with Crippen LogP contribution in [0.15, 0.2) is 59.1 Å². The molecule has 0 amide bonds. The van der Waals surface area contributed by atoms with Crippen molar-refractivity contribution < 1.29 is 4.74 Å². The van der Waals surface area contributed by atoms with Gasteiger partial charge in [-0.05, 0) is 30.3 Å². The molecule has 3 heteroatoms. The van der Waals surface area contributed by atoms with Gasteiger partial charge in [-0.3, -0.25) is 0 Å². The normalized spacial score (nSPS) is 9.94. The average molecular weight is 292 g/mol. The minimum Gasteiger partial charge on any atom is -0.492 e. The summed E-state index contributed by atoms with van der Waals surface area (Å²) in [5, 5.41) is 3.29. The van der Waals surface area contributed by atoms with E-state index in [1.807, 2.05) is 54.6 Å². The molecule has 0 aliphatic carbocycles. The highest BCUT2D eigenvalue weighted by Gasteiger charge is 1.94. The van der Waals surface area contributed by atoms with E-state index in [4.69, 9.17) is 4.74 Å². The maximum Gasteiger partial charge on any atom is 0.120 e. The molecular formula is C14H14BrNO. The Balaban J connectivity index is 1.73. The highest BCUT2D eigenvalue weighted by atomic mass is 79.9. The summed E-state index contributed by atoms with van der Waals surface area (Å²) in [5.74, 6) is 0.884. The maximum atomic E-state index is 5.62. The van der Waals surface area contributed by atoms with Crippen LogP contribution in [-0.2, 0) is 0 Å². The number of rotatable bonds is 5. The van der Waals surface area contributed by atoms with E-state index in [-0.39, 0.29) is 0 Å². The lowest BCUT2D eigenvalue weighted by Gasteiger charge is -2.08. The van der Waals surface area contributed by atoms with Gasteiger partial charge in [-0.1, -0.05) is 40.2 Å². The van der Waals surface area contributed by atoms with Crippen molar-refractivity contribution in [2.24, 2.45) is 0 Å². The van der Waals surface area contributed by atoms with E-state index in [1.165, 1.54) is 0 Å². The van der Waals surface area contributed by atoms with Crippen LogP contribution < -0.4 is 10.1 Å². The molecule has 0 aliphatic heterocycles. The SMILES string of the molecule is Brc1cccc(OCCNc2ccccc2)c1. The van der Waals surface area contributed by atoms with Gasteiger partial charge in [0.2, 0.25) is 0 Å². The van der Waals surface area contributed by atoms with Crippen LogP contribution in [0.25, 0.3) is 0 Å². The lowest BCUT2D eigenvalue weighted by molar-refractivity contribution is 0.332. The lowest BCUT2D eigenvalue weighted by Crippen LogP contribution is -2.11. The zero-order valence-electron chi connectivity index (χ0n) is 9.40. The Bertz CT molecular complexity index is 459. The number of ether oxygens (including phenoxy) is 1. The summed E-state index contributed by atoms with van der Waals surface area (Å²) >= 11 is 3.41. The monoisotopic (exact) mass is 291 g/mol. The summed E-state index contributed by atoms with van der Waals surface area (Å²) in [6.45, 7) is 1.43. The number of nitrogens with one attached hydrogen (secondary N) is 1. The second-order valence-electron chi connectivity index (χ2n) is 3.60. The molecule has 0 heterocycles. The Hall–Kier alpha value is -1.48. The maximum absolute atomic E-state index is 5.62. The predicted octanol–water partition coefficient (Wildman–Crippen LogP) is 3.94. The third-order valence-electron chi connectivity index (χ3n) is 2.27. The van der Waals surface area contributed by atoms with E-state index < -0.39 is 0 Å². The summed E-state index contributed by atoms with van der Waals surface area (Å²) in [5.41, 5.74) is 1.12. The van der Waals surface area contributed by atoms with E-state index in [2.05, 4.69) is 21.2 Å². The van der Waals surface area contributed by atoms with Gasteiger partial charge in [0.15, 0.2) is 0 Å². The Labute approximate surface area is 110 Å². The standard InChI is InChI=1S/C14H14BrNO/c15-12-5-4-8-14(11-12)17-10-9-16-13-6-2-1-3-7-13/h1-8,11,16H,9-10H2. The Morgan fingerprint density at radius 1 is 1.00 bits per heavy atom. The smallest absolute Gasteiger partial charge is 0.120 e. The Morgan fingerprint density at radius 2 is 1.82 bits per heavy atom. The summed E-state index contributed by atoms with van der Waals surface area (Å²) in [7, 11) is 0. The van der Waals surface area contributed by atoms with Gasteiger partial charge in [-0.2, -0.15) is 0 Å². The number of benzene rings is 2. The number of halogens is 1. The predicted molar refractivity (Wildman–Crippen MR) is 74.6 cm³/mol. The molecule has 0 aliphatic rings. The summed E-state index contributed by atoms with van der Waals surface area (Å²) in [4.78, 5) is 0. The second-order valence-corrected chi connectivity index (χ2v) is 4.51. The molecule has 88 valence electrons. The van der Waals surface area contributed by atoms with Gasteiger partial charge < -0.3 is 10.1 Å². The fourth-order valence-corrected chi connectivity index (χ4v) is 1.86. The minimum atomic E-state index is 0.644. The number of hydrogen-bond acceptors (Lipinski definition) is 2. The average Bonchev–Trinajstić information content (AvgIpc) is 2.36. The van der Waals surface area contributed by atoms with E-state index in [0.29, 0.717) is 6.61 Å². The zero-order valence-corrected chi connectivity index (χ0v) is 11.0. The van der Waals surface area contributed by atoms with Crippen molar-refractivity contribution in [2.75, 3.05) is 18.5 Å². The lowest BCUT2D eigenvalue weighted by atomic mass is 10.3. The van der Waals surface area contributed by atoms with Crippen LogP contribution in [0.3, 0.4) is 0 Å². The van der Waals surface area contributed by atoms with E-state index >= 15 is 0 Å². The number of para-hydroxylation sites is 1. The van der Waals surface area contributed by atoms with Crippen LogP contribution in [0.1, 0.15) is 0 Å². The highest BCUT2D eigenvalue weighted by Crippen LogP contribution is 2.17. The van der Waals surface area contributed by atoms with Crippen molar-refractivity contribution in [1.29, 1.82) is 0 Å². The van der Waals surface area contributed by atoms with Gasteiger partial charge >= 0.3 is 0 Å². The molecule has 2 rings (SSSR count). The molecule has 0 fully saturated rings. The van der Waals surface area contributed by atoms with Crippen LogP contribution in [0.4, 0.5) is 5.69 Å². The molecule has 1 N–H and O–H groups in total. The molecule has 0 bridgehead atoms. The van der Waals surface area contributed by atoms with Crippen LogP contribution in [0.5, 0.6) is 5.75 Å².